The third-order valence-electron chi connectivity index (χ3n) is 2.63. The predicted molar refractivity (Wildman–Crippen MR) is 86.8 cm³/mol. The topological polar surface area (TPSA) is 26.3 Å². The van der Waals surface area contributed by atoms with Gasteiger partial charge in [-0.15, -0.1) is 11.8 Å². The minimum atomic E-state index is 0.108. The van der Waals surface area contributed by atoms with Crippen molar-refractivity contribution in [2.45, 2.75) is 11.8 Å². The third-order valence-corrected chi connectivity index (χ3v) is 4.12. The molecular formula is C16H15BrO2S. The zero-order valence-electron chi connectivity index (χ0n) is 11.1. The molecule has 0 bridgehead atoms. The minimum absolute atomic E-state index is 0.108. The van der Waals surface area contributed by atoms with Crippen molar-refractivity contribution >= 4 is 33.5 Å². The number of halogens is 1. The molecule has 0 saturated heterocycles. The van der Waals surface area contributed by atoms with E-state index in [1.54, 1.807) is 6.07 Å². The fraction of sp³-hybridized carbons (Fsp3) is 0.188. The SMILES string of the molecule is CCOc1cccc(C(=O)CSc2cccc(Br)c2)c1. The van der Waals surface area contributed by atoms with E-state index in [1.165, 1.54) is 11.8 Å². The lowest BCUT2D eigenvalue weighted by atomic mass is 10.1. The summed E-state index contributed by atoms with van der Waals surface area (Å²) in [5, 5.41) is 0. The summed E-state index contributed by atoms with van der Waals surface area (Å²) in [7, 11) is 0. The fourth-order valence-corrected chi connectivity index (χ4v) is 3.12. The van der Waals surface area contributed by atoms with E-state index < -0.39 is 0 Å². The second-order valence-electron chi connectivity index (χ2n) is 4.13. The molecule has 2 aromatic carbocycles. The summed E-state index contributed by atoms with van der Waals surface area (Å²) < 4.78 is 6.43. The molecule has 104 valence electrons. The lowest BCUT2D eigenvalue weighted by molar-refractivity contribution is 0.102. The highest BCUT2D eigenvalue weighted by atomic mass is 79.9. The number of benzene rings is 2. The largest absolute Gasteiger partial charge is 0.494 e. The van der Waals surface area contributed by atoms with E-state index >= 15 is 0 Å². The van der Waals surface area contributed by atoms with Crippen molar-refractivity contribution in [2.75, 3.05) is 12.4 Å². The van der Waals surface area contributed by atoms with E-state index in [9.17, 15) is 4.79 Å². The Kier molecular flexibility index (Phi) is 5.68. The molecule has 0 heterocycles. The summed E-state index contributed by atoms with van der Waals surface area (Å²) in [6.45, 7) is 2.53. The smallest absolute Gasteiger partial charge is 0.173 e. The Morgan fingerprint density at radius 3 is 2.75 bits per heavy atom. The van der Waals surface area contributed by atoms with Gasteiger partial charge in [0.25, 0.3) is 0 Å². The van der Waals surface area contributed by atoms with Crippen molar-refractivity contribution in [3.63, 3.8) is 0 Å². The van der Waals surface area contributed by atoms with Crippen LogP contribution in [-0.2, 0) is 0 Å². The number of carbonyl (C=O) groups excluding carboxylic acids is 1. The zero-order valence-corrected chi connectivity index (χ0v) is 13.5. The van der Waals surface area contributed by atoms with E-state index in [1.807, 2.05) is 49.4 Å². The highest BCUT2D eigenvalue weighted by Crippen LogP contribution is 2.23. The molecule has 4 heteroatoms. The lowest BCUT2D eigenvalue weighted by Crippen LogP contribution is -2.03. The molecule has 0 radical (unpaired) electrons. The lowest BCUT2D eigenvalue weighted by Gasteiger charge is -2.06. The molecule has 0 atom stereocenters. The van der Waals surface area contributed by atoms with Crippen molar-refractivity contribution in [2.24, 2.45) is 0 Å². The fourth-order valence-electron chi connectivity index (χ4n) is 1.71. The van der Waals surface area contributed by atoms with Gasteiger partial charge in [-0.1, -0.05) is 34.1 Å². The van der Waals surface area contributed by atoms with Crippen LogP contribution < -0.4 is 4.74 Å². The number of ether oxygens (including phenoxy) is 1. The molecule has 2 aromatic rings. The minimum Gasteiger partial charge on any atom is -0.494 e. The summed E-state index contributed by atoms with van der Waals surface area (Å²) in [6, 6.07) is 15.3. The van der Waals surface area contributed by atoms with Gasteiger partial charge >= 0.3 is 0 Å². The van der Waals surface area contributed by atoms with Gasteiger partial charge in [0.15, 0.2) is 5.78 Å². The molecule has 0 amide bonds. The zero-order chi connectivity index (χ0) is 14.4. The first-order valence-corrected chi connectivity index (χ1v) is 8.11. The molecule has 0 aliphatic heterocycles. The maximum absolute atomic E-state index is 12.2. The first-order valence-electron chi connectivity index (χ1n) is 6.33. The molecule has 0 aliphatic carbocycles. The Morgan fingerprint density at radius 1 is 1.20 bits per heavy atom. The monoisotopic (exact) mass is 350 g/mol. The van der Waals surface area contributed by atoms with E-state index in [0.717, 1.165) is 15.1 Å². The molecule has 0 saturated carbocycles. The average molecular weight is 351 g/mol. The predicted octanol–water partition coefficient (Wildman–Crippen LogP) is 4.82. The molecule has 0 N–H and O–H groups in total. The van der Waals surface area contributed by atoms with Gasteiger partial charge in [0.05, 0.1) is 12.4 Å². The number of carbonyl (C=O) groups is 1. The molecular weight excluding hydrogens is 336 g/mol. The Balaban J connectivity index is 1.99. The van der Waals surface area contributed by atoms with Crippen LogP contribution in [0, 0.1) is 0 Å². The van der Waals surface area contributed by atoms with Crippen molar-refractivity contribution in [3.05, 3.63) is 58.6 Å². The molecule has 2 rings (SSSR count). The van der Waals surface area contributed by atoms with Crippen LogP contribution in [0.1, 0.15) is 17.3 Å². The number of ketones is 1. The van der Waals surface area contributed by atoms with Crippen molar-refractivity contribution < 1.29 is 9.53 Å². The summed E-state index contributed by atoms with van der Waals surface area (Å²) in [4.78, 5) is 13.2. The Labute approximate surface area is 131 Å². The van der Waals surface area contributed by atoms with Gasteiger partial charge in [0.1, 0.15) is 5.75 Å². The maximum atomic E-state index is 12.2. The third kappa shape index (κ3) is 4.39. The van der Waals surface area contributed by atoms with Gasteiger partial charge in [-0.3, -0.25) is 4.79 Å². The van der Waals surface area contributed by atoms with Crippen LogP contribution in [0.3, 0.4) is 0 Å². The summed E-state index contributed by atoms with van der Waals surface area (Å²) in [5.74, 6) is 1.27. The summed E-state index contributed by atoms with van der Waals surface area (Å²) in [5.41, 5.74) is 0.693. The molecule has 0 spiro atoms. The van der Waals surface area contributed by atoms with Crippen LogP contribution in [0.2, 0.25) is 0 Å². The molecule has 20 heavy (non-hydrogen) atoms. The number of hydrogen-bond acceptors (Lipinski definition) is 3. The molecule has 0 aliphatic rings. The maximum Gasteiger partial charge on any atom is 0.173 e. The Hall–Kier alpha value is -1.26. The number of Topliss-reactive ketones (excluding diaryl/α,β-unsaturated/α-hetero) is 1. The van der Waals surface area contributed by atoms with Gasteiger partial charge in [-0.2, -0.15) is 0 Å². The van der Waals surface area contributed by atoms with Gasteiger partial charge in [-0.25, -0.2) is 0 Å². The number of thioether (sulfide) groups is 1. The van der Waals surface area contributed by atoms with E-state index in [-0.39, 0.29) is 5.78 Å². The Bertz CT molecular complexity index is 599. The second kappa shape index (κ2) is 7.50. The van der Waals surface area contributed by atoms with Gasteiger partial charge in [0, 0.05) is 14.9 Å². The van der Waals surface area contributed by atoms with Crippen LogP contribution in [-0.4, -0.2) is 18.1 Å². The van der Waals surface area contributed by atoms with E-state index in [0.29, 0.717) is 17.9 Å². The summed E-state index contributed by atoms with van der Waals surface area (Å²) in [6.07, 6.45) is 0. The standard InChI is InChI=1S/C16H15BrO2S/c1-2-19-14-7-3-5-12(9-14)16(18)11-20-15-8-4-6-13(17)10-15/h3-10H,2,11H2,1H3. The molecule has 0 unspecified atom stereocenters. The van der Waals surface area contributed by atoms with Crippen LogP contribution in [0.4, 0.5) is 0 Å². The van der Waals surface area contributed by atoms with Gasteiger partial charge < -0.3 is 4.74 Å². The quantitative estimate of drug-likeness (QED) is 0.551. The number of rotatable bonds is 6. The highest BCUT2D eigenvalue weighted by molar-refractivity contribution is 9.10. The highest BCUT2D eigenvalue weighted by Gasteiger charge is 2.08. The molecule has 0 aromatic heterocycles. The summed E-state index contributed by atoms with van der Waals surface area (Å²) >= 11 is 4.96. The molecule has 0 fully saturated rings. The average Bonchev–Trinajstić information content (AvgIpc) is 2.45. The van der Waals surface area contributed by atoms with E-state index in [4.69, 9.17) is 4.74 Å². The van der Waals surface area contributed by atoms with Crippen LogP contribution in [0.25, 0.3) is 0 Å². The Morgan fingerprint density at radius 2 is 2.00 bits per heavy atom. The normalized spacial score (nSPS) is 10.3. The van der Waals surface area contributed by atoms with Crippen molar-refractivity contribution in [1.82, 2.24) is 0 Å². The van der Waals surface area contributed by atoms with Crippen molar-refractivity contribution in [1.29, 1.82) is 0 Å². The van der Waals surface area contributed by atoms with Crippen LogP contribution in [0.15, 0.2) is 57.9 Å². The molecule has 2 nitrogen and oxygen atoms in total. The first-order chi connectivity index (χ1) is 9.69. The number of hydrogen-bond donors (Lipinski definition) is 0. The van der Waals surface area contributed by atoms with Crippen LogP contribution in [0.5, 0.6) is 5.75 Å². The van der Waals surface area contributed by atoms with Crippen molar-refractivity contribution in [3.8, 4) is 5.75 Å². The van der Waals surface area contributed by atoms with Gasteiger partial charge in [0.2, 0.25) is 0 Å². The second-order valence-corrected chi connectivity index (χ2v) is 6.09. The van der Waals surface area contributed by atoms with E-state index in [2.05, 4.69) is 15.9 Å². The first kappa shape index (κ1) is 15.1. The van der Waals surface area contributed by atoms with Gasteiger partial charge in [-0.05, 0) is 37.3 Å². The van der Waals surface area contributed by atoms with Crippen LogP contribution >= 0.6 is 27.7 Å².